The summed E-state index contributed by atoms with van der Waals surface area (Å²) in [5, 5.41) is 43.6. The van der Waals surface area contributed by atoms with Crippen LogP contribution in [0, 0.1) is 4.91 Å². The van der Waals surface area contributed by atoms with Gasteiger partial charge >= 0.3 is 6.03 Å². The number of amides is 3. The molecule has 0 aromatic rings. The summed E-state index contributed by atoms with van der Waals surface area (Å²) in [6.07, 6.45) is -6.27. The molecule has 4 atom stereocenters. The SMILES string of the molecule is NC(=O)NC(=O)[C@](N=O)(NCCCl)[C@@H](O)[C@H](O)[C@H](O)CO. The van der Waals surface area contributed by atoms with Crippen molar-refractivity contribution in [1.82, 2.24) is 10.6 Å². The standard InChI is InChI=1S/C9H17ClN4O7/c10-1-2-12-9(14-21,7(19)13-8(11)20)6(18)5(17)4(16)3-15/h4-6,12,15-18H,1-3H2,(H3,11,13,19,20)/t4-,5-,6+,9+/m1/s1. The Morgan fingerprint density at radius 1 is 1.33 bits per heavy atom. The van der Waals surface area contributed by atoms with Crippen LogP contribution in [0.3, 0.4) is 0 Å². The van der Waals surface area contributed by atoms with Crippen molar-refractivity contribution in [1.29, 1.82) is 0 Å². The summed E-state index contributed by atoms with van der Waals surface area (Å²) in [5.74, 6) is -1.56. The highest BCUT2D eigenvalue weighted by molar-refractivity contribution is 6.18. The van der Waals surface area contributed by atoms with E-state index in [1.54, 1.807) is 0 Å². The van der Waals surface area contributed by atoms with Gasteiger partial charge in [-0.15, -0.1) is 16.5 Å². The van der Waals surface area contributed by atoms with Crippen LogP contribution in [0.5, 0.6) is 0 Å². The summed E-state index contributed by atoms with van der Waals surface area (Å²) in [6, 6.07) is -1.33. The average molecular weight is 329 g/mol. The highest BCUT2D eigenvalue weighted by Crippen LogP contribution is 2.19. The zero-order valence-corrected chi connectivity index (χ0v) is 11.5. The van der Waals surface area contributed by atoms with Crippen LogP contribution in [-0.4, -0.2) is 75.4 Å². The number of hydrogen-bond donors (Lipinski definition) is 7. The van der Waals surface area contributed by atoms with E-state index in [0.717, 1.165) is 0 Å². The summed E-state index contributed by atoms with van der Waals surface area (Å²) in [6.45, 7) is -1.17. The number of carbonyl (C=O) groups is 2. The molecule has 0 aliphatic carbocycles. The average Bonchev–Trinajstić information content (AvgIpc) is 2.45. The van der Waals surface area contributed by atoms with Crippen molar-refractivity contribution in [3.63, 3.8) is 0 Å². The Morgan fingerprint density at radius 2 is 1.90 bits per heavy atom. The Balaban J connectivity index is 5.49. The molecule has 0 fully saturated rings. The minimum absolute atomic E-state index is 0.105. The first kappa shape index (κ1) is 19.6. The highest BCUT2D eigenvalue weighted by atomic mass is 35.5. The van der Waals surface area contributed by atoms with E-state index >= 15 is 0 Å². The zero-order valence-electron chi connectivity index (χ0n) is 10.8. The first-order valence-electron chi connectivity index (χ1n) is 5.68. The lowest BCUT2D eigenvalue weighted by atomic mass is 9.94. The number of rotatable bonds is 9. The maximum atomic E-state index is 11.8. The van der Waals surface area contributed by atoms with Crippen molar-refractivity contribution in [2.24, 2.45) is 10.9 Å². The summed E-state index contributed by atoms with van der Waals surface area (Å²) in [5.41, 5.74) is 2.00. The van der Waals surface area contributed by atoms with Gasteiger partial charge in [-0.2, -0.15) is 0 Å². The van der Waals surface area contributed by atoms with Gasteiger partial charge in [0.25, 0.3) is 11.6 Å². The molecule has 0 bridgehead atoms. The Hall–Kier alpha value is -1.37. The maximum absolute atomic E-state index is 11.8. The summed E-state index contributed by atoms with van der Waals surface area (Å²) in [4.78, 5) is 33.6. The van der Waals surface area contributed by atoms with Gasteiger partial charge in [0.15, 0.2) is 0 Å². The van der Waals surface area contributed by atoms with Gasteiger partial charge < -0.3 is 26.2 Å². The Morgan fingerprint density at radius 3 is 2.29 bits per heavy atom. The molecule has 0 spiro atoms. The van der Waals surface area contributed by atoms with E-state index in [-0.39, 0.29) is 12.4 Å². The van der Waals surface area contributed by atoms with Crippen molar-refractivity contribution in [2.45, 2.75) is 24.0 Å². The van der Waals surface area contributed by atoms with Gasteiger partial charge in [0.05, 0.1) is 6.61 Å². The Kier molecular flexibility index (Phi) is 8.24. The molecule has 0 saturated carbocycles. The molecular formula is C9H17ClN4O7. The molecular weight excluding hydrogens is 312 g/mol. The molecule has 11 nitrogen and oxygen atoms in total. The quantitative estimate of drug-likeness (QED) is 0.167. The molecule has 0 aliphatic heterocycles. The maximum Gasteiger partial charge on any atom is 0.318 e. The van der Waals surface area contributed by atoms with Crippen molar-refractivity contribution < 1.29 is 30.0 Å². The summed E-state index contributed by atoms with van der Waals surface area (Å²) < 4.78 is 0. The zero-order chi connectivity index (χ0) is 16.6. The number of imide groups is 1. The predicted octanol–water partition coefficient (Wildman–Crippen LogP) is -3.45. The second kappa shape index (κ2) is 8.81. The Bertz CT molecular complexity index is 385. The lowest BCUT2D eigenvalue weighted by molar-refractivity contribution is -0.143. The number of halogens is 1. The molecule has 122 valence electrons. The molecule has 0 aromatic carbocycles. The van der Waals surface area contributed by atoms with Crippen molar-refractivity contribution in [3.05, 3.63) is 4.91 Å². The van der Waals surface area contributed by atoms with Gasteiger partial charge in [0.2, 0.25) is 0 Å². The highest BCUT2D eigenvalue weighted by Gasteiger charge is 2.52. The minimum Gasteiger partial charge on any atom is -0.394 e. The third-order valence-electron chi connectivity index (χ3n) is 2.55. The fraction of sp³-hybridized carbons (Fsp3) is 0.778. The second-order valence-electron chi connectivity index (χ2n) is 3.98. The number of carbonyl (C=O) groups excluding carboxylic acids is 2. The van der Waals surface area contributed by atoms with Gasteiger partial charge in [0, 0.05) is 12.4 Å². The number of nitrogens with two attached hydrogens (primary N) is 1. The molecule has 3 amide bonds. The lowest BCUT2D eigenvalue weighted by Crippen LogP contribution is -2.68. The number of primary amides is 1. The van der Waals surface area contributed by atoms with Gasteiger partial charge in [-0.3, -0.25) is 15.4 Å². The van der Waals surface area contributed by atoms with Gasteiger partial charge in [0.1, 0.15) is 18.3 Å². The van der Waals surface area contributed by atoms with Crippen molar-refractivity contribution in [3.8, 4) is 0 Å². The molecule has 0 unspecified atom stereocenters. The van der Waals surface area contributed by atoms with E-state index in [0.29, 0.717) is 0 Å². The predicted molar refractivity (Wildman–Crippen MR) is 70.1 cm³/mol. The van der Waals surface area contributed by atoms with Gasteiger partial charge in [-0.05, 0) is 5.18 Å². The third kappa shape index (κ3) is 4.84. The van der Waals surface area contributed by atoms with Crippen LogP contribution >= 0.6 is 11.6 Å². The number of nitrogens with one attached hydrogen (secondary N) is 2. The van der Waals surface area contributed by atoms with E-state index in [1.807, 2.05) is 0 Å². The molecule has 0 rings (SSSR count). The largest absolute Gasteiger partial charge is 0.394 e. The first-order valence-corrected chi connectivity index (χ1v) is 6.21. The van der Waals surface area contributed by atoms with E-state index in [2.05, 4.69) is 10.5 Å². The van der Waals surface area contributed by atoms with Crippen molar-refractivity contribution in [2.75, 3.05) is 19.0 Å². The normalized spacial score (nSPS) is 18.1. The fourth-order valence-corrected chi connectivity index (χ4v) is 1.55. The topological polar surface area (TPSA) is 195 Å². The van der Waals surface area contributed by atoms with Crippen LogP contribution in [0.2, 0.25) is 0 Å². The molecule has 21 heavy (non-hydrogen) atoms. The lowest BCUT2D eigenvalue weighted by Gasteiger charge is -2.34. The van der Waals surface area contributed by atoms with Crippen LogP contribution in [0.15, 0.2) is 5.18 Å². The Labute approximate surface area is 124 Å². The number of alkyl halides is 1. The summed E-state index contributed by atoms with van der Waals surface area (Å²) in [7, 11) is 0. The molecule has 0 aliphatic rings. The molecule has 0 aromatic heterocycles. The number of hydrogen-bond acceptors (Lipinski definition) is 9. The fourth-order valence-electron chi connectivity index (χ4n) is 1.46. The first-order chi connectivity index (χ1) is 9.76. The van der Waals surface area contributed by atoms with Crippen LogP contribution in [0.25, 0.3) is 0 Å². The van der Waals surface area contributed by atoms with Gasteiger partial charge in [-0.1, -0.05) is 0 Å². The van der Waals surface area contributed by atoms with E-state index < -0.39 is 42.5 Å². The van der Waals surface area contributed by atoms with E-state index in [1.165, 1.54) is 5.32 Å². The summed E-state index contributed by atoms with van der Waals surface area (Å²) >= 11 is 5.39. The number of urea groups is 1. The van der Waals surface area contributed by atoms with Gasteiger partial charge in [-0.25, -0.2) is 4.79 Å². The van der Waals surface area contributed by atoms with Crippen LogP contribution in [0.4, 0.5) is 4.79 Å². The molecule has 0 saturated heterocycles. The number of aliphatic hydroxyl groups is 4. The number of nitroso groups, excluding NO2 is 1. The van der Waals surface area contributed by atoms with E-state index in [9.17, 15) is 29.8 Å². The van der Waals surface area contributed by atoms with Crippen LogP contribution in [-0.2, 0) is 4.79 Å². The molecule has 0 heterocycles. The molecule has 12 heteroatoms. The second-order valence-corrected chi connectivity index (χ2v) is 4.36. The minimum atomic E-state index is -2.74. The third-order valence-corrected chi connectivity index (χ3v) is 2.74. The van der Waals surface area contributed by atoms with Crippen LogP contribution in [0.1, 0.15) is 0 Å². The molecule has 0 radical (unpaired) electrons. The van der Waals surface area contributed by atoms with Crippen molar-refractivity contribution >= 4 is 23.5 Å². The monoisotopic (exact) mass is 328 g/mol. The smallest absolute Gasteiger partial charge is 0.318 e. The molecule has 8 N–H and O–H groups in total. The number of nitrogens with zero attached hydrogens (tertiary/aromatic N) is 1. The number of aliphatic hydroxyl groups excluding tert-OH is 4. The van der Waals surface area contributed by atoms with Crippen LogP contribution < -0.4 is 16.4 Å². The van der Waals surface area contributed by atoms with E-state index in [4.69, 9.17) is 22.4 Å².